The zero-order chi connectivity index (χ0) is 18.0. The second kappa shape index (κ2) is 7.07. The van der Waals surface area contributed by atoms with Crippen molar-refractivity contribution in [2.45, 2.75) is 13.8 Å². The van der Waals surface area contributed by atoms with Gasteiger partial charge in [0.25, 0.3) is 5.91 Å². The molecule has 0 spiro atoms. The minimum absolute atomic E-state index is 0.101. The molecule has 0 saturated carbocycles. The van der Waals surface area contributed by atoms with E-state index in [1.165, 1.54) is 5.56 Å². The topological polar surface area (TPSA) is 49.6 Å². The number of carbonyl (C=O) groups is 1. The highest BCUT2D eigenvalue weighted by atomic mass is 16.1. The molecule has 1 amide bonds. The van der Waals surface area contributed by atoms with Gasteiger partial charge in [-0.1, -0.05) is 35.9 Å². The van der Waals surface area contributed by atoms with Crippen LogP contribution in [-0.4, -0.2) is 47.4 Å². The van der Waals surface area contributed by atoms with Crippen LogP contribution in [-0.2, 0) is 0 Å². The highest BCUT2D eigenvalue weighted by Crippen LogP contribution is 2.25. The Bertz CT molecular complexity index is 894. The van der Waals surface area contributed by atoms with E-state index < -0.39 is 0 Å². The van der Waals surface area contributed by atoms with Gasteiger partial charge < -0.3 is 10.2 Å². The highest BCUT2D eigenvalue weighted by Gasteiger charge is 2.20. The van der Waals surface area contributed by atoms with E-state index in [9.17, 15) is 4.79 Å². The van der Waals surface area contributed by atoms with Crippen molar-refractivity contribution < 1.29 is 4.79 Å². The Morgan fingerprint density at radius 1 is 1.08 bits per heavy atom. The fourth-order valence-corrected chi connectivity index (χ4v) is 2.76. The van der Waals surface area contributed by atoms with Crippen LogP contribution in [0.3, 0.4) is 0 Å². The third-order valence-corrected chi connectivity index (χ3v) is 4.15. The van der Waals surface area contributed by atoms with Gasteiger partial charge in [-0.2, -0.15) is 0 Å². The fraction of sp³-hybridized carbons (Fsp3) is 0.300. The Kier molecular flexibility index (Phi) is 4.86. The molecule has 0 unspecified atom stereocenters. The molecule has 0 aliphatic carbocycles. The number of pyridine rings is 1. The average molecular weight is 336 g/mol. The first kappa shape index (κ1) is 17.2. The van der Waals surface area contributed by atoms with Crippen LogP contribution >= 0.6 is 0 Å². The molecular weight excluding hydrogens is 312 g/mol. The molecule has 2 heterocycles. The fourth-order valence-electron chi connectivity index (χ4n) is 2.76. The summed E-state index contributed by atoms with van der Waals surface area (Å²) in [5.74, 6) is -0.101. The molecule has 0 fully saturated rings. The number of aryl methyl sites for hydroxylation is 2. The number of benzene rings is 1. The van der Waals surface area contributed by atoms with Gasteiger partial charge in [0.15, 0.2) is 0 Å². The van der Waals surface area contributed by atoms with Crippen molar-refractivity contribution in [2.75, 3.05) is 27.2 Å². The monoisotopic (exact) mass is 336 g/mol. The summed E-state index contributed by atoms with van der Waals surface area (Å²) in [4.78, 5) is 19.6. The minimum Gasteiger partial charge on any atom is -0.349 e. The first-order valence-electron chi connectivity index (χ1n) is 8.44. The Morgan fingerprint density at radius 2 is 1.76 bits per heavy atom. The van der Waals surface area contributed by atoms with Gasteiger partial charge >= 0.3 is 0 Å². The van der Waals surface area contributed by atoms with Crippen molar-refractivity contribution in [3.8, 4) is 11.3 Å². The maximum Gasteiger partial charge on any atom is 0.270 e. The summed E-state index contributed by atoms with van der Waals surface area (Å²) in [6.45, 7) is 5.45. The number of hydrogen-bond donors (Lipinski definition) is 1. The van der Waals surface area contributed by atoms with Gasteiger partial charge in [0.2, 0.25) is 0 Å². The standard InChI is InChI=1S/C20H24N4O/c1-14-5-8-16(9-6-14)18-19(20(25)21-11-12-23(3)4)24-13-15(2)7-10-17(24)22-18/h5-10,13H,11-12H2,1-4H3,(H,21,25). The number of amides is 1. The minimum atomic E-state index is -0.101. The molecule has 0 aliphatic heterocycles. The molecule has 0 aliphatic rings. The molecule has 5 heteroatoms. The second-order valence-corrected chi connectivity index (χ2v) is 6.67. The number of rotatable bonds is 5. The van der Waals surface area contributed by atoms with Crippen LogP contribution in [0.5, 0.6) is 0 Å². The number of nitrogens with one attached hydrogen (secondary N) is 1. The molecule has 3 rings (SSSR count). The third kappa shape index (κ3) is 3.72. The lowest BCUT2D eigenvalue weighted by Gasteiger charge is -2.11. The smallest absolute Gasteiger partial charge is 0.270 e. The van der Waals surface area contributed by atoms with E-state index in [1.807, 2.05) is 79.8 Å². The van der Waals surface area contributed by atoms with E-state index >= 15 is 0 Å². The lowest BCUT2D eigenvalue weighted by molar-refractivity contribution is 0.0946. The number of nitrogens with zero attached hydrogens (tertiary/aromatic N) is 3. The van der Waals surface area contributed by atoms with E-state index in [1.54, 1.807) is 0 Å². The summed E-state index contributed by atoms with van der Waals surface area (Å²) in [6.07, 6.45) is 1.96. The Morgan fingerprint density at radius 3 is 2.44 bits per heavy atom. The van der Waals surface area contributed by atoms with E-state index in [-0.39, 0.29) is 5.91 Å². The van der Waals surface area contributed by atoms with Crippen LogP contribution in [0.1, 0.15) is 21.6 Å². The van der Waals surface area contributed by atoms with Crippen molar-refractivity contribution in [2.24, 2.45) is 0 Å². The molecule has 1 aromatic carbocycles. The Balaban J connectivity index is 2.06. The van der Waals surface area contributed by atoms with E-state index in [4.69, 9.17) is 4.98 Å². The van der Waals surface area contributed by atoms with Gasteiger partial charge in [0.1, 0.15) is 17.0 Å². The van der Waals surface area contributed by atoms with Crippen LogP contribution in [0.15, 0.2) is 42.6 Å². The van der Waals surface area contributed by atoms with Crippen LogP contribution in [0, 0.1) is 13.8 Å². The molecule has 2 aromatic heterocycles. The number of hydrogen-bond acceptors (Lipinski definition) is 3. The van der Waals surface area contributed by atoms with Crippen molar-refractivity contribution in [1.82, 2.24) is 19.6 Å². The predicted molar refractivity (Wildman–Crippen MR) is 101 cm³/mol. The largest absolute Gasteiger partial charge is 0.349 e. The van der Waals surface area contributed by atoms with Crippen molar-refractivity contribution in [3.63, 3.8) is 0 Å². The lowest BCUT2D eigenvalue weighted by atomic mass is 10.1. The highest BCUT2D eigenvalue weighted by molar-refractivity contribution is 5.99. The van der Waals surface area contributed by atoms with Crippen LogP contribution in [0.4, 0.5) is 0 Å². The van der Waals surface area contributed by atoms with Crippen molar-refractivity contribution in [1.29, 1.82) is 0 Å². The average Bonchev–Trinajstić information content (AvgIpc) is 2.93. The van der Waals surface area contributed by atoms with Gasteiger partial charge in [-0.3, -0.25) is 9.20 Å². The molecule has 0 bridgehead atoms. The lowest BCUT2D eigenvalue weighted by Crippen LogP contribution is -2.32. The van der Waals surface area contributed by atoms with Gasteiger partial charge in [0.05, 0.1) is 0 Å². The van der Waals surface area contributed by atoms with Crippen molar-refractivity contribution in [3.05, 3.63) is 59.4 Å². The van der Waals surface area contributed by atoms with Crippen LogP contribution in [0.2, 0.25) is 0 Å². The summed E-state index contributed by atoms with van der Waals surface area (Å²) in [5, 5.41) is 3.01. The Hall–Kier alpha value is -2.66. The molecule has 3 aromatic rings. The first-order valence-corrected chi connectivity index (χ1v) is 8.44. The summed E-state index contributed by atoms with van der Waals surface area (Å²) in [7, 11) is 3.98. The van der Waals surface area contributed by atoms with Gasteiger partial charge in [0, 0.05) is 24.8 Å². The number of carbonyl (C=O) groups excluding carboxylic acids is 1. The van der Waals surface area contributed by atoms with Crippen LogP contribution < -0.4 is 5.32 Å². The van der Waals surface area contributed by atoms with Crippen LogP contribution in [0.25, 0.3) is 16.9 Å². The van der Waals surface area contributed by atoms with E-state index in [2.05, 4.69) is 5.32 Å². The number of aromatic nitrogens is 2. The van der Waals surface area contributed by atoms with Gasteiger partial charge in [-0.05, 0) is 39.6 Å². The molecule has 1 N–H and O–H groups in total. The third-order valence-electron chi connectivity index (χ3n) is 4.15. The predicted octanol–water partition coefficient (Wildman–Crippen LogP) is 2.91. The maximum atomic E-state index is 12.9. The first-order chi connectivity index (χ1) is 12.0. The molecule has 130 valence electrons. The molecule has 0 saturated heterocycles. The van der Waals surface area contributed by atoms with E-state index in [0.717, 1.165) is 23.3 Å². The molecule has 0 atom stereocenters. The normalized spacial score (nSPS) is 11.2. The SMILES string of the molecule is Cc1ccc(-c2nc3ccc(C)cn3c2C(=O)NCCN(C)C)cc1. The molecule has 5 nitrogen and oxygen atoms in total. The summed E-state index contributed by atoms with van der Waals surface area (Å²) in [6, 6.07) is 12.1. The number of imidazole rings is 1. The van der Waals surface area contributed by atoms with Gasteiger partial charge in [-0.15, -0.1) is 0 Å². The summed E-state index contributed by atoms with van der Waals surface area (Å²) in [5.41, 5.74) is 5.29. The second-order valence-electron chi connectivity index (χ2n) is 6.67. The Labute approximate surface area is 148 Å². The maximum absolute atomic E-state index is 12.9. The number of likely N-dealkylation sites (N-methyl/N-ethyl adjacent to an activating group) is 1. The quantitative estimate of drug-likeness (QED) is 0.779. The molecule has 25 heavy (non-hydrogen) atoms. The van der Waals surface area contributed by atoms with Crippen molar-refractivity contribution >= 4 is 11.6 Å². The summed E-state index contributed by atoms with van der Waals surface area (Å²) < 4.78 is 1.88. The van der Waals surface area contributed by atoms with Gasteiger partial charge in [-0.25, -0.2) is 4.98 Å². The zero-order valence-electron chi connectivity index (χ0n) is 15.2. The number of fused-ring (bicyclic) bond motifs is 1. The summed E-state index contributed by atoms with van der Waals surface area (Å²) >= 11 is 0. The molecule has 0 radical (unpaired) electrons. The zero-order valence-corrected chi connectivity index (χ0v) is 15.2. The van der Waals surface area contributed by atoms with E-state index in [0.29, 0.717) is 17.9 Å². The molecular formula is C20H24N4O.